The summed E-state index contributed by atoms with van der Waals surface area (Å²) in [7, 11) is 1.74. The summed E-state index contributed by atoms with van der Waals surface area (Å²) < 4.78 is 3.54. The van der Waals surface area contributed by atoms with E-state index < -0.39 is 0 Å². The number of hydrogen-bond donors (Lipinski definition) is 0. The van der Waals surface area contributed by atoms with Crippen LogP contribution in [-0.2, 0) is 13.5 Å². The van der Waals surface area contributed by atoms with Crippen LogP contribution in [0, 0.1) is 0 Å². The summed E-state index contributed by atoms with van der Waals surface area (Å²) in [4.78, 5) is 18.2. The van der Waals surface area contributed by atoms with Crippen molar-refractivity contribution in [1.82, 2.24) is 24.1 Å². The van der Waals surface area contributed by atoms with E-state index in [9.17, 15) is 4.79 Å². The average molecular weight is 355 g/mol. The molecule has 0 fully saturated rings. The average Bonchev–Trinajstić information content (AvgIpc) is 3.15. The van der Waals surface area contributed by atoms with Crippen molar-refractivity contribution in [1.29, 1.82) is 0 Å². The first-order valence-corrected chi connectivity index (χ1v) is 8.91. The molecule has 132 valence electrons. The highest BCUT2D eigenvalue weighted by atomic mass is 16.1. The highest BCUT2D eigenvalue weighted by molar-refractivity contribution is 6.09. The van der Waals surface area contributed by atoms with E-state index in [1.165, 1.54) is 0 Å². The number of para-hydroxylation sites is 1. The zero-order chi connectivity index (χ0) is 18.5. The maximum Gasteiger partial charge on any atom is 0.263 e. The van der Waals surface area contributed by atoms with Crippen molar-refractivity contribution < 1.29 is 0 Å². The maximum atomic E-state index is 13.3. The van der Waals surface area contributed by atoms with Crippen LogP contribution < -0.4 is 5.56 Å². The minimum absolute atomic E-state index is 0.0941. The number of benzene rings is 2. The van der Waals surface area contributed by atoms with Crippen LogP contribution in [0.5, 0.6) is 0 Å². The van der Waals surface area contributed by atoms with Gasteiger partial charge in [-0.05, 0) is 6.07 Å². The standard InChI is InChI=1S/C21H17N5O/c1-3-16-23-24-21-25(2)20(27)17-14-11-7-8-12-15(14)22-18(19(17)26(16)21)13-9-5-4-6-10-13/h4-12H,3H2,1-2H3. The Labute approximate surface area is 154 Å². The minimum atomic E-state index is -0.0941. The lowest BCUT2D eigenvalue weighted by Gasteiger charge is -2.14. The van der Waals surface area contributed by atoms with Gasteiger partial charge in [-0.1, -0.05) is 55.5 Å². The fraction of sp³-hybridized carbons (Fsp3) is 0.143. The van der Waals surface area contributed by atoms with Crippen LogP contribution in [0.3, 0.4) is 0 Å². The van der Waals surface area contributed by atoms with E-state index >= 15 is 0 Å². The fourth-order valence-corrected chi connectivity index (χ4v) is 3.67. The van der Waals surface area contributed by atoms with Gasteiger partial charge in [-0.3, -0.25) is 13.8 Å². The second-order valence-electron chi connectivity index (χ2n) is 6.54. The van der Waals surface area contributed by atoms with Crippen LogP contribution in [0.4, 0.5) is 0 Å². The molecule has 0 bridgehead atoms. The molecule has 3 heterocycles. The molecular weight excluding hydrogens is 338 g/mol. The SMILES string of the molecule is CCc1nnc2n(C)c(=O)c3c4ccccc4nc(-c4ccccc4)c3n12. The van der Waals surface area contributed by atoms with Gasteiger partial charge in [0.15, 0.2) is 0 Å². The summed E-state index contributed by atoms with van der Waals surface area (Å²) >= 11 is 0. The van der Waals surface area contributed by atoms with E-state index in [2.05, 4.69) is 10.2 Å². The van der Waals surface area contributed by atoms with Crippen LogP contribution in [0.15, 0.2) is 59.4 Å². The van der Waals surface area contributed by atoms with Crippen molar-refractivity contribution in [3.63, 3.8) is 0 Å². The number of pyridine rings is 1. The van der Waals surface area contributed by atoms with Crippen molar-refractivity contribution in [2.24, 2.45) is 7.05 Å². The predicted molar refractivity (Wildman–Crippen MR) is 106 cm³/mol. The molecule has 2 aromatic carbocycles. The molecular formula is C21H17N5O. The first kappa shape index (κ1) is 15.7. The van der Waals surface area contributed by atoms with E-state index in [1.807, 2.05) is 65.9 Å². The number of rotatable bonds is 2. The molecule has 0 spiro atoms. The van der Waals surface area contributed by atoms with Gasteiger partial charge in [0.25, 0.3) is 5.56 Å². The molecule has 0 saturated carbocycles. The summed E-state index contributed by atoms with van der Waals surface area (Å²) in [6.07, 6.45) is 0.704. The second-order valence-corrected chi connectivity index (χ2v) is 6.54. The second kappa shape index (κ2) is 5.74. The zero-order valence-corrected chi connectivity index (χ0v) is 15.0. The quantitative estimate of drug-likeness (QED) is 0.456. The summed E-state index contributed by atoms with van der Waals surface area (Å²) in [5, 5.41) is 10.1. The van der Waals surface area contributed by atoms with Crippen LogP contribution >= 0.6 is 0 Å². The van der Waals surface area contributed by atoms with E-state index in [0.717, 1.165) is 33.5 Å². The molecule has 6 nitrogen and oxygen atoms in total. The third-order valence-electron chi connectivity index (χ3n) is 4.99. The minimum Gasteiger partial charge on any atom is -0.279 e. The Morgan fingerprint density at radius 3 is 2.48 bits per heavy atom. The maximum absolute atomic E-state index is 13.3. The van der Waals surface area contributed by atoms with Crippen molar-refractivity contribution >= 4 is 27.6 Å². The monoisotopic (exact) mass is 355 g/mol. The van der Waals surface area contributed by atoms with Crippen LogP contribution in [0.2, 0.25) is 0 Å². The molecule has 3 aromatic heterocycles. The zero-order valence-electron chi connectivity index (χ0n) is 15.0. The highest BCUT2D eigenvalue weighted by Crippen LogP contribution is 2.31. The smallest absolute Gasteiger partial charge is 0.263 e. The lowest BCUT2D eigenvalue weighted by atomic mass is 10.0. The van der Waals surface area contributed by atoms with Gasteiger partial charge in [-0.2, -0.15) is 0 Å². The molecule has 0 saturated heterocycles. The lowest BCUT2D eigenvalue weighted by Crippen LogP contribution is -2.21. The number of hydrogen-bond acceptors (Lipinski definition) is 4. The topological polar surface area (TPSA) is 65.1 Å². The first-order chi connectivity index (χ1) is 13.2. The molecule has 0 aliphatic heterocycles. The molecule has 0 aliphatic rings. The van der Waals surface area contributed by atoms with Crippen LogP contribution in [0.1, 0.15) is 12.7 Å². The molecule has 0 radical (unpaired) electrons. The molecule has 0 N–H and O–H groups in total. The van der Waals surface area contributed by atoms with Crippen molar-refractivity contribution in [3.05, 3.63) is 70.8 Å². The highest BCUT2D eigenvalue weighted by Gasteiger charge is 2.20. The van der Waals surface area contributed by atoms with Gasteiger partial charge in [0.05, 0.1) is 22.1 Å². The third kappa shape index (κ3) is 2.13. The van der Waals surface area contributed by atoms with Gasteiger partial charge < -0.3 is 0 Å². The van der Waals surface area contributed by atoms with E-state index in [-0.39, 0.29) is 5.56 Å². The molecule has 5 rings (SSSR count). The number of fused-ring (bicyclic) bond motifs is 5. The largest absolute Gasteiger partial charge is 0.279 e. The van der Waals surface area contributed by atoms with Crippen LogP contribution in [-0.4, -0.2) is 24.1 Å². The predicted octanol–water partition coefficient (Wildman–Crippen LogP) is 3.36. The Morgan fingerprint density at radius 1 is 0.963 bits per heavy atom. The van der Waals surface area contributed by atoms with Gasteiger partial charge in [0, 0.05) is 24.4 Å². The van der Waals surface area contributed by atoms with Crippen LogP contribution in [0.25, 0.3) is 38.8 Å². The fourth-order valence-electron chi connectivity index (χ4n) is 3.67. The molecule has 5 aromatic rings. The summed E-state index contributed by atoms with van der Waals surface area (Å²) in [5.74, 6) is 1.33. The molecule has 6 heteroatoms. The Kier molecular flexibility index (Phi) is 3.33. The van der Waals surface area contributed by atoms with E-state index in [0.29, 0.717) is 17.6 Å². The van der Waals surface area contributed by atoms with Gasteiger partial charge in [0.2, 0.25) is 5.78 Å². The normalized spacial score (nSPS) is 11.6. The van der Waals surface area contributed by atoms with Crippen molar-refractivity contribution in [3.8, 4) is 11.3 Å². The lowest BCUT2D eigenvalue weighted by molar-refractivity contribution is 0.855. The molecule has 27 heavy (non-hydrogen) atoms. The summed E-state index contributed by atoms with van der Waals surface area (Å²) in [6, 6.07) is 17.7. The Hall–Kier alpha value is -3.54. The number of aryl methyl sites for hydroxylation is 2. The Bertz CT molecular complexity index is 1380. The van der Waals surface area contributed by atoms with E-state index in [4.69, 9.17) is 4.98 Å². The Morgan fingerprint density at radius 2 is 1.70 bits per heavy atom. The number of aromatic nitrogens is 5. The van der Waals surface area contributed by atoms with Gasteiger partial charge in [0.1, 0.15) is 5.82 Å². The van der Waals surface area contributed by atoms with Crippen molar-refractivity contribution in [2.45, 2.75) is 13.3 Å². The van der Waals surface area contributed by atoms with Crippen molar-refractivity contribution in [2.75, 3.05) is 0 Å². The van der Waals surface area contributed by atoms with Gasteiger partial charge in [-0.15, -0.1) is 10.2 Å². The molecule has 0 amide bonds. The summed E-state index contributed by atoms with van der Waals surface area (Å²) in [6.45, 7) is 2.03. The number of nitrogens with zero attached hydrogens (tertiary/aromatic N) is 5. The Balaban J connectivity index is 2.16. The van der Waals surface area contributed by atoms with Gasteiger partial charge >= 0.3 is 0 Å². The molecule has 0 atom stereocenters. The molecule has 0 unspecified atom stereocenters. The first-order valence-electron chi connectivity index (χ1n) is 8.91. The molecule has 0 aliphatic carbocycles. The van der Waals surface area contributed by atoms with E-state index in [1.54, 1.807) is 11.6 Å². The summed E-state index contributed by atoms with van der Waals surface area (Å²) in [5.41, 5.74) is 3.19. The van der Waals surface area contributed by atoms with Gasteiger partial charge in [-0.25, -0.2) is 4.98 Å². The third-order valence-corrected chi connectivity index (χ3v) is 4.99.